The normalized spacial score (nSPS) is 12.5. The van der Waals surface area contributed by atoms with Crippen molar-refractivity contribution in [3.63, 3.8) is 0 Å². The predicted octanol–water partition coefficient (Wildman–Crippen LogP) is 2.74. The van der Waals surface area contributed by atoms with Crippen molar-refractivity contribution in [1.29, 1.82) is 0 Å². The van der Waals surface area contributed by atoms with Gasteiger partial charge in [0.1, 0.15) is 5.82 Å². The van der Waals surface area contributed by atoms with E-state index in [1.165, 1.54) is 12.1 Å². The summed E-state index contributed by atoms with van der Waals surface area (Å²) in [4.78, 5) is 10.5. The van der Waals surface area contributed by atoms with Gasteiger partial charge in [0.15, 0.2) is 0 Å². The maximum absolute atomic E-state index is 12.7. The van der Waals surface area contributed by atoms with Crippen LogP contribution in [0.15, 0.2) is 18.2 Å². The van der Waals surface area contributed by atoms with E-state index in [0.717, 1.165) is 5.56 Å². The molecule has 0 aliphatic heterocycles. The van der Waals surface area contributed by atoms with Crippen LogP contribution in [0.1, 0.15) is 12.5 Å². The molecule has 1 unspecified atom stereocenters. The molecule has 0 bridgehead atoms. The van der Waals surface area contributed by atoms with Crippen LogP contribution in [0.4, 0.5) is 4.39 Å². The summed E-state index contributed by atoms with van der Waals surface area (Å²) in [5, 5.41) is 8.69. The Morgan fingerprint density at radius 3 is 2.79 bits per heavy atom. The Bertz CT molecular complexity index is 352. The molecule has 0 saturated heterocycles. The van der Waals surface area contributed by atoms with Crippen LogP contribution in [-0.2, 0) is 11.2 Å². The lowest BCUT2D eigenvalue weighted by atomic mass is 10.0. The summed E-state index contributed by atoms with van der Waals surface area (Å²) in [6, 6.07) is 4.24. The van der Waals surface area contributed by atoms with Crippen molar-refractivity contribution in [3.05, 3.63) is 34.6 Å². The van der Waals surface area contributed by atoms with Crippen molar-refractivity contribution in [2.24, 2.45) is 5.92 Å². The second-order valence-electron chi connectivity index (χ2n) is 3.19. The summed E-state index contributed by atoms with van der Waals surface area (Å²) in [7, 11) is 0. The lowest BCUT2D eigenvalue weighted by Crippen LogP contribution is -2.12. The SMILES string of the molecule is CC(Cc1ccc(F)c(Cl)c1)C(=O)O. The molecule has 0 aliphatic carbocycles. The first-order chi connectivity index (χ1) is 6.50. The molecule has 76 valence electrons. The van der Waals surface area contributed by atoms with Gasteiger partial charge in [-0.3, -0.25) is 4.79 Å². The van der Waals surface area contributed by atoms with Gasteiger partial charge in [0.05, 0.1) is 10.9 Å². The van der Waals surface area contributed by atoms with Gasteiger partial charge < -0.3 is 5.11 Å². The molecule has 0 radical (unpaired) electrons. The summed E-state index contributed by atoms with van der Waals surface area (Å²) < 4.78 is 12.7. The number of aliphatic carboxylic acids is 1. The molecule has 2 nitrogen and oxygen atoms in total. The number of halogens is 2. The van der Waals surface area contributed by atoms with E-state index in [1.54, 1.807) is 13.0 Å². The quantitative estimate of drug-likeness (QED) is 0.844. The molecule has 4 heteroatoms. The van der Waals surface area contributed by atoms with Crippen LogP contribution in [0, 0.1) is 11.7 Å². The molecule has 14 heavy (non-hydrogen) atoms. The molecule has 0 aromatic heterocycles. The fourth-order valence-corrected chi connectivity index (χ4v) is 1.31. The highest BCUT2D eigenvalue weighted by Crippen LogP contribution is 2.18. The molecule has 0 fully saturated rings. The highest BCUT2D eigenvalue weighted by Gasteiger charge is 2.12. The van der Waals surface area contributed by atoms with Crippen molar-refractivity contribution in [1.82, 2.24) is 0 Å². The highest BCUT2D eigenvalue weighted by atomic mass is 35.5. The Morgan fingerprint density at radius 1 is 1.64 bits per heavy atom. The molecule has 1 rings (SSSR count). The number of rotatable bonds is 3. The number of benzene rings is 1. The molecule has 1 aromatic carbocycles. The van der Waals surface area contributed by atoms with Gasteiger partial charge in [0.2, 0.25) is 0 Å². The average Bonchev–Trinajstić information content (AvgIpc) is 2.11. The van der Waals surface area contributed by atoms with E-state index in [2.05, 4.69) is 0 Å². The van der Waals surface area contributed by atoms with Crippen LogP contribution in [-0.4, -0.2) is 11.1 Å². The first-order valence-electron chi connectivity index (χ1n) is 4.17. The molecule has 1 N–H and O–H groups in total. The fraction of sp³-hybridized carbons (Fsp3) is 0.300. The average molecular weight is 217 g/mol. The summed E-state index contributed by atoms with van der Waals surface area (Å²) in [5.74, 6) is -1.85. The van der Waals surface area contributed by atoms with Gasteiger partial charge in [0.25, 0.3) is 0 Å². The minimum absolute atomic E-state index is 0.0279. The molecule has 1 atom stereocenters. The van der Waals surface area contributed by atoms with Crippen LogP contribution < -0.4 is 0 Å². The van der Waals surface area contributed by atoms with Gasteiger partial charge >= 0.3 is 5.97 Å². The fourth-order valence-electron chi connectivity index (χ4n) is 1.11. The second kappa shape index (κ2) is 4.42. The lowest BCUT2D eigenvalue weighted by molar-refractivity contribution is -0.141. The first-order valence-corrected chi connectivity index (χ1v) is 4.55. The van der Waals surface area contributed by atoms with Crippen LogP contribution in [0.5, 0.6) is 0 Å². The van der Waals surface area contributed by atoms with Crippen molar-refractivity contribution in [2.75, 3.05) is 0 Å². The van der Waals surface area contributed by atoms with Gasteiger partial charge in [-0.05, 0) is 24.1 Å². The molecule has 0 spiro atoms. The minimum atomic E-state index is -0.870. The third kappa shape index (κ3) is 2.70. The summed E-state index contributed by atoms with van der Waals surface area (Å²) in [6.07, 6.45) is 0.356. The predicted molar refractivity (Wildman–Crippen MR) is 51.9 cm³/mol. The van der Waals surface area contributed by atoms with Crippen LogP contribution >= 0.6 is 11.6 Å². The summed E-state index contributed by atoms with van der Waals surface area (Å²) >= 11 is 5.55. The number of hydrogen-bond acceptors (Lipinski definition) is 1. The second-order valence-corrected chi connectivity index (χ2v) is 3.60. The Labute approximate surface area is 86.3 Å². The Morgan fingerprint density at radius 2 is 2.29 bits per heavy atom. The van der Waals surface area contributed by atoms with E-state index in [4.69, 9.17) is 16.7 Å². The van der Waals surface area contributed by atoms with Crippen LogP contribution in [0.2, 0.25) is 5.02 Å². The molecule has 0 aliphatic rings. The zero-order valence-corrected chi connectivity index (χ0v) is 8.38. The number of carbonyl (C=O) groups is 1. The van der Waals surface area contributed by atoms with Crippen molar-refractivity contribution in [3.8, 4) is 0 Å². The van der Waals surface area contributed by atoms with Gasteiger partial charge in [-0.15, -0.1) is 0 Å². The molecular weight excluding hydrogens is 207 g/mol. The van der Waals surface area contributed by atoms with E-state index >= 15 is 0 Å². The van der Waals surface area contributed by atoms with Gasteiger partial charge in [-0.2, -0.15) is 0 Å². The minimum Gasteiger partial charge on any atom is -0.481 e. The lowest BCUT2D eigenvalue weighted by Gasteiger charge is -2.06. The van der Waals surface area contributed by atoms with Crippen LogP contribution in [0.3, 0.4) is 0 Å². The molecule has 0 heterocycles. The van der Waals surface area contributed by atoms with Crippen molar-refractivity contribution in [2.45, 2.75) is 13.3 Å². The first kappa shape index (κ1) is 11.0. The maximum atomic E-state index is 12.7. The standard InChI is InChI=1S/C10H10ClFO2/c1-6(10(13)14)4-7-2-3-9(12)8(11)5-7/h2-3,5-6H,4H2,1H3,(H,13,14). The highest BCUT2D eigenvalue weighted by molar-refractivity contribution is 6.30. The Hall–Kier alpha value is -1.09. The van der Waals surface area contributed by atoms with E-state index in [1.807, 2.05) is 0 Å². The topological polar surface area (TPSA) is 37.3 Å². The van der Waals surface area contributed by atoms with Gasteiger partial charge in [-0.1, -0.05) is 24.6 Å². The maximum Gasteiger partial charge on any atom is 0.306 e. The third-order valence-electron chi connectivity index (χ3n) is 1.95. The van der Waals surface area contributed by atoms with E-state index in [0.29, 0.717) is 6.42 Å². The molecule has 0 saturated carbocycles. The van der Waals surface area contributed by atoms with E-state index in [9.17, 15) is 9.18 Å². The Kier molecular flexibility index (Phi) is 3.47. The monoisotopic (exact) mass is 216 g/mol. The van der Waals surface area contributed by atoms with Crippen LogP contribution in [0.25, 0.3) is 0 Å². The summed E-state index contributed by atoms with van der Waals surface area (Å²) in [6.45, 7) is 1.60. The smallest absolute Gasteiger partial charge is 0.306 e. The molecular formula is C10H10ClFO2. The number of hydrogen-bond donors (Lipinski definition) is 1. The number of carboxylic acids is 1. The van der Waals surface area contributed by atoms with E-state index in [-0.39, 0.29) is 5.02 Å². The zero-order valence-electron chi connectivity index (χ0n) is 7.63. The van der Waals surface area contributed by atoms with E-state index < -0.39 is 17.7 Å². The van der Waals surface area contributed by atoms with Crippen molar-refractivity contribution < 1.29 is 14.3 Å². The zero-order chi connectivity index (χ0) is 10.7. The third-order valence-corrected chi connectivity index (χ3v) is 2.24. The Balaban J connectivity index is 2.78. The molecule has 0 amide bonds. The van der Waals surface area contributed by atoms with Gasteiger partial charge in [-0.25, -0.2) is 4.39 Å². The summed E-state index contributed by atoms with van der Waals surface area (Å²) in [5.41, 5.74) is 0.728. The van der Waals surface area contributed by atoms with Crippen molar-refractivity contribution >= 4 is 17.6 Å². The molecule has 1 aromatic rings. The largest absolute Gasteiger partial charge is 0.481 e. The van der Waals surface area contributed by atoms with Gasteiger partial charge in [0, 0.05) is 0 Å². The number of carboxylic acid groups (broad SMARTS) is 1.